The van der Waals surface area contributed by atoms with E-state index in [9.17, 15) is 9.59 Å². The van der Waals surface area contributed by atoms with Crippen molar-refractivity contribution in [1.29, 1.82) is 0 Å². The maximum atomic E-state index is 12.9. The van der Waals surface area contributed by atoms with Crippen molar-refractivity contribution in [2.75, 3.05) is 13.1 Å². The Bertz CT molecular complexity index is 566. The van der Waals surface area contributed by atoms with Gasteiger partial charge in [0.05, 0.1) is 0 Å². The van der Waals surface area contributed by atoms with Crippen LogP contribution in [0.1, 0.15) is 46.1 Å². The van der Waals surface area contributed by atoms with Crippen LogP contribution in [-0.4, -0.2) is 46.5 Å². The number of nitrogens with zero attached hydrogens (tertiary/aromatic N) is 2. The van der Waals surface area contributed by atoms with E-state index in [0.717, 1.165) is 12.0 Å². The lowest BCUT2D eigenvalue weighted by molar-refractivity contribution is -0.140. The molecular formula is C19H28N2O3. The van der Waals surface area contributed by atoms with Crippen LogP contribution in [0.5, 0.6) is 0 Å². The number of hydrogen-bond donors (Lipinski definition) is 0. The quantitative estimate of drug-likeness (QED) is 0.849. The number of likely N-dealkylation sites (N-methyl/N-ethyl adjacent to an activating group) is 1. The Morgan fingerprint density at radius 1 is 1.25 bits per heavy atom. The third-order valence-corrected chi connectivity index (χ3v) is 4.37. The Hall–Kier alpha value is -2.04. The molecule has 0 saturated carbocycles. The van der Waals surface area contributed by atoms with Gasteiger partial charge in [-0.25, -0.2) is 4.79 Å². The number of hydrogen-bond acceptors (Lipinski definition) is 3. The minimum atomic E-state index is -0.410. The van der Waals surface area contributed by atoms with E-state index in [1.807, 2.05) is 62.9 Å². The van der Waals surface area contributed by atoms with E-state index in [1.54, 1.807) is 4.90 Å². The van der Waals surface area contributed by atoms with Crippen molar-refractivity contribution < 1.29 is 14.3 Å². The number of rotatable bonds is 4. The van der Waals surface area contributed by atoms with Crippen molar-refractivity contribution in [1.82, 2.24) is 9.80 Å². The first-order valence-corrected chi connectivity index (χ1v) is 8.63. The van der Waals surface area contributed by atoms with E-state index < -0.39 is 12.1 Å². The second-order valence-electron chi connectivity index (χ2n) is 7.14. The van der Waals surface area contributed by atoms with Gasteiger partial charge in [-0.15, -0.1) is 0 Å². The highest BCUT2D eigenvalue weighted by atomic mass is 16.6. The molecule has 1 atom stereocenters. The minimum absolute atomic E-state index is 0.0131. The predicted octanol–water partition coefficient (Wildman–Crippen LogP) is 3.43. The van der Waals surface area contributed by atoms with Gasteiger partial charge < -0.3 is 9.64 Å². The van der Waals surface area contributed by atoms with E-state index >= 15 is 0 Å². The molecule has 5 heteroatoms. The molecule has 0 radical (unpaired) electrons. The van der Waals surface area contributed by atoms with Crippen LogP contribution >= 0.6 is 0 Å². The molecule has 132 valence electrons. The standard InChI is InChI=1S/C19H28N2O3/c1-5-21(19(2,3)4)17(22)16-12-9-13-20(16)18(23)24-14-15-10-7-6-8-11-15/h6-8,10-11,16H,5,9,12-14H2,1-4H3. The molecule has 2 rings (SSSR count). The lowest BCUT2D eigenvalue weighted by atomic mass is 10.0. The fraction of sp³-hybridized carbons (Fsp3) is 0.579. The number of ether oxygens (including phenoxy) is 1. The number of likely N-dealkylation sites (tertiary alicyclic amines) is 1. The van der Waals surface area contributed by atoms with Gasteiger partial charge in [0.2, 0.25) is 5.91 Å². The molecule has 2 amide bonds. The van der Waals surface area contributed by atoms with Gasteiger partial charge in [-0.3, -0.25) is 9.69 Å². The van der Waals surface area contributed by atoms with Crippen LogP contribution < -0.4 is 0 Å². The van der Waals surface area contributed by atoms with Gasteiger partial charge in [-0.05, 0) is 46.1 Å². The Morgan fingerprint density at radius 3 is 2.50 bits per heavy atom. The molecule has 0 aromatic heterocycles. The van der Waals surface area contributed by atoms with Crippen molar-refractivity contribution in [2.24, 2.45) is 0 Å². The summed E-state index contributed by atoms with van der Waals surface area (Å²) in [7, 11) is 0. The van der Waals surface area contributed by atoms with Crippen LogP contribution in [0.2, 0.25) is 0 Å². The van der Waals surface area contributed by atoms with Crippen molar-refractivity contribution in [3.8, 4) is 0 Å². The zero-order chi connectivity index (χ0) is 17.7. The fourth-order valence-corrected chi connectivity index (χ4v) is 3.18. The van der Waals surface area contributed by atoms with Crippen molar-refractivity contribution in [2.45, 2.75) is 58.7 Å². The molecule has 1 saturated heterocycles. The molecule has 0 aliphatic carbocycles. The zero-order valence-electron chi connectivity index (χ0n) is 15.1. The summed E-state index contributed by atoms with van der Waals surface area (Å²) in [6, 6.07) is 9.16. The molecule has 1 aromatic rings. The van der Waals surface area contributed by atoms with Crippen LogP contribution in [-0.2, 0) is 16.1 Å². The Labute approximate surface area is 144 Å². The molecule has 1 aromatic carbocycles. The first kappa shape index (κ1) is 18.3. The van der Waals surface area contributed by atoms with Crippen molar-refractivity contribution in [3.05, 3.63) is 35.9 Å². The molecule has 1 heterocycles. The van der Waals surface area contributed by atoms with Crippen LogP contribution in [0.3, 0.4) is 0 Å². The highest BCUT2D eigenvalue weighted by molar-refractivity contribution is 5.86. The van der Waals surface area contributed by atoms with Gasteiger partial charge in [0, 0.05) is 18.6 Å². The van der Waals surface area contributed by atoms with E-state index in [-0.39, 0.29) is 18.1 Å². The lowest BCUT2D eigenvalue weighted by Crippen LogP contribution is -2.53. The molecule has 24 heavy (non-hydrogen) atoms. The van der Waals surface area contributed by atoms with Crippen LogP contribution in [0, 0.1) is 0 Å². The number of carbonyl (C=O) groups excluding carboxylic acids is 2. The molecule has 1 unspecified atom stereocenters. The summed E-state index contributed by atoms with van der Waals surface area (Å²) in [5.74, 6) is 0.0131. The third-order valence-electron chi connectivity index (χ3n) is 4.37. The Kier molecular flexibility index (Phi) is 5.86. The molecule has 1 aliphatic heterocycles. The van der Waals surface area contributed by atoms with Gasteiger partial charge in [-0.1, -0.05) is 30.3 Å². The van der Waals surface area contributed by atoms with Gasteiger partial charge in [-0.2, -0.15) is 0 Å². The van der Waals surface area contributed by atoms with Gasteiger partial charge >= 0.3 is 6.09 Å². The van der Waals surface area contributed by atoms with Crippen LogP contribution in [0.25, 0.3) is 0 Å². The van der Waals surface area contributed by atoms with Crippen LogP contribution in [0.15, 0.2) is 30.3 Å². The van der Waals surface area contributed by atoms with Gasteiger partial charge in [0.1, 0.15) is 12.6 Å². The molecule has 0 spiro atoms. The molecule has 0 bridgehead atoms. The molecule has 1 aliphatic rings. The van der Waals surface area contributed by atoms with Crippen molar-refractivity contribution >= 4 is 12.0 Å². The van der Waals surface area contributed by atoms with E-state index in [4.69, 9.17) is 4.74 Å². The van der Waals surface area contributed by atoms with E-state index in [0.29, 0.717) is 19.5 Å². The highest BCUT2D eigenvalue weighted by Gasteiger charge is 2.39. The number of benzene rings is 1. The van der Waals surface area contributed by atoms with Crippen LogP contribution in [0.4, 0.5) is 4.79 Å². The average molecular weight is 332 g/mol. The van der Waals surface area contributed by atoms with Crippen molar-refractivity contribution in [3.63, 3.8) is 0 Å². The smallest absolute Gasteiger partial charge is 0.410 e. The fourth-order valence-electron chi connectivity index (χ4n) is 3.18. The summed E-state index contributed by atoms with van der Waals surface area (Å²) in [5.41, 5.74) is 0.686. The molecule has 0 N–H and O–H groups in total. The maximum Gasteiger partial charge on any atom is 0.410 e. The van der Waals surface area contributed by atoms with Gasteiger partial charge in [0.15, 0.2) is 0 Å². The Balaban J connectivity index is 2.01. The summed E-state index contributed by atoms with van der Waals surface area (Å²) < 4.78 is 5.41. The largest absolute Gasteiger partial charge is 0.445 e. The van der Waals surface area contributed by atoms with E-state index in [1.165, 1.54) is 0 Å². The predicted molar refractivity (Wildman–Crippen MR) is 93.5 cm³/mol. The molecule has 5 nitrogen and oxygen atoms in total. The molecular weight excluding hydrogens is 304 g/mol. The maximum absolute atomic E-state index is 12.9. The minimum Gasteiger partial charge on any atom is -0.445 e. The number of amides is 2. The lowest BCUT2D eigenvalue weighted by Gasteiger charge is -2.38. The average Bonchev–Trinajstić information content (AvgIpc) is 3.02. The monoisotopic (exact) mass is 332 g/mol. The summed E-state index contributed by atoms with van der Waals surface area (Å²) in [6.45, 7) is 9.45. The summed E-state index contributed by atoms with van der Waals surface area (Å²) in [6.07, 6.45) is 1.13. The number of carbonyl (C=O) groups is 2. The van der Waals surface area contributed by atoms with Gasteiger partial charge in [0.25, 0.3) is 0 Å². The summed E-state index contributed by atoms with van der Waals surface area (Å²) in [5, 5.41) is 0. The van der Waals surface area contributed by atoms with E-state index in [2.05, 4.69) is 0 Å². The first-order chi connectivity index (χ1) is 11.3. The topological polar surface area (TPSA) is 49.9 Å². The third kappa shape index (κ3) is 4.28. The molecule has 1 fully saturated rings. The summed E-state index contributed by atoms with van der Waals surface area (Å²) in [4.78, 5) is 28.7. The zero-order valence-corrected chi connectivity index (χ0v) is 15.1. The first-order valence-electron chi connectivity index (χ1n) is 8.63. The SMILES string of the molecule is CCN(C(=O)C1CCCN1C(=O)OCc1ccccc1)C(C)(C)C. The highest BCUT2D eigenvalue weighted by Crippen LogP contribution is 2.24. The summed E-state index contributed by atoms with van der Waals surface area (Å²) >= 11 is 0. The second-order valence-corrected chi connectivity index (χ2v) is 7.14. The normalized spacial score (nSPS) is 17.7. The Morgan fingerprint density at radius 2 is 1.92 bits per heavy atom. The second kappa shape index (κ2) is 7.69.